The number of esters is 1. The second kappa shape index (κ2) is 9.78. The van der Waals surface area contributed by atoms with Gasteiger partial charge < -0.3 is 14.2 Å². The summed E-state index contributed by atoms with van der Waals surface area (Å²) in [6.45, 7) is 5.24. The highest BCUT2D eigenvalue weighted by atomic mass is 16.7. The number of rotatable bonds is 7. The maximum Gasteiger partial charge on any atom is 0.513 e. The Morgan fingerprint density at radius 2 is 1.52 bits per heavy atom. The van der Waals surface area contributed by atoms with Crippen LogP contribution in [0.15, 0.2) is 60.7 Å². The smallest absolute Gasteiger partial charge is 0.462 e. The minimum atomic E-state index is -0.827. The summed E-state index contributed by atoms with van der Waals surface area (Å²) < 4.78 is 14.9. The van der Waals surface area contributed by atoms with Gasteiger partial charge in [0.2, 0.25) is 0 Å². The first-order valence-electron chi connectivity index (χ1n) is 8.27. The van der Waals surface area contributed by atoms with Crippen molar-refractivity contribution in [2.24, 2.45) is 0 Å². The van der Waals surface area contributed by atoms with Crippen LogP contribution in [0.1, 0.15) is 18.9 Å². The van der Waals surface area contributed by atoms with Crippen LogP contribution in [0.5, 0.6) is 5.75 Å². The van der Waals surface area contributed by atoms with E-state index in [-0.39, 0.29) is 13.2 Å². The second-order valence-electron chi connectivity index (χ2n) is 5.68. The molecule has 0 heterocycles. The van der Waals surface area contributed by atoms with Crippen LogP contribution < -0.4 is 4.74 Å². The Balaban J connectivity index is 1.77. The van der Waals surface area contributed by atoms with Crippen molar-refractivity contribution in [2.45, 2.75) is 13.3 Å². The minimum Gasteiger partial charge on any atom is -0.462 e. The molecule has 0 amide bonds. The molecule has 2 rings (SSSR count). The predicted octanol–water partition coefficient (Wildman–Crippen LogP) is 4.25. The average Bonchev–Trinajstić information content (AvgIpc) is 2.68. The molecule has 0 unspecified atom stereocenters. The minimum absolute atomic E-state index is 0.0750. The fraction of sp³-hybridized carbons (Fsp3) is 0.190. The highest BCUT2D eigenvalue weighted by Gasteiger charge is 2.07. The molecule has 27 heavy (non-hydrogen) atoms. The van der Waals surface area contributed by atoms with E-state index >= 15 is 0 Å². The summed E-state index contributed by atoms with van der Waals surface area (Å²) in [5, 5.41) is 8.82. The van der Waals surface area contributed by atoms with Gasteiger partial charge in [0.1, 0.15) is 5.75 Å². The number of ether oxygens (including phenoxy) is 3. The van der Waals surface area contributed by atoms with Gasteiger partial charge in [-0.15, -0.1) is 0 Å². The van der Waals surface area contributed by atoms with Crippen molar-refractivity contribution in [1.82, 2.24) is 0 Å². The van der Waals surface area contributed by atoms with Gasteiger partial charge in [-0.25, -0.2) is 9.59 Å². The molecule has 0 aliphatic carbocycles. The summed E-state index contributed by atoms with van der Waals surface area (Å²) in [7, 11) is 0. The summed E-state index contributed by atoms with van der Waals surface area (Å²) in [5.41, 5.74) is 2.79. The molecule has 0 saturated carbocycles. The van der Waals surface area contributed by atoms with Gasteiger partial charge in [0.05, 0.1) is 24.8 Å². The molecule has 0 saturated heterocycles. The molecule has 0 aromatic heterocycles. The lowest BCUT2D eigenvalue weighted by molar-refractivity contribution is -0.139. The Bertz CT molecular complexity index is 848. The third-order valence-corrected chi connectivity index (χ3v) is 3.49. The lowest BCUT2D eigenvalue weighted by Crippen LogP contribution is -2.13. The Labute approximate surface area is 157 Å². The lowest BCUT2D eigenvalue weighted by atomic mass is 10.0. The fourth-order valence-electron chi connectivity index (χ4n) is 2.08. The number of hydrogen-bond donors (Lipinski definition) is 0. The van der Waals surface area contributed by atoms with Crippen molar-refractivity contribution in [3.8, 4) is 22.9 Å². The van der Waals surface area contributed by atoms with E-state index in [0.717, 1.165) is 11.1 Å². The molecule has 0 atom stereocenters. The molecule has 6 nitrogen and oxygen atoms in total. The standard InChI is InChI=1S/C21H19NO5/c1-15(2)20(23)25-12-3-13-26-21(24)27-19-10-8-18(9-11-19)17-6-4-16(14-22)5-7-17/h4-11H,1,3,12-13H2,2H3. The van der Waals surface area contributed by atoms with E-state index in [1.54, 1.807) is 43.3 Å². The van der Waals surface area contributed by atoms with Gasteiger partial charge in [0, 0.05) is 12.0 Å². The molecular formula is C21H19NO5. The van der Waals surface area contributed by atoms with Gasteiger partial charge in [0.15, 0.2) is 0 Å². The molecule has 0 fully saturated rings. The fourth-order valence-corrected chi connectivity index (χ4v) is 2.08. The normalized spacial score (nSPS) is 9.78. The molecule has 0 aliphatic rings. The Morgan fingerprint density at radius 3 is 2.07 bits per heavy atom. The topological polar surface area (TPSA) is 85.6 Å². The SMILES string of the molecule is C=C(C)C(=O)OCCCOC(=O)Oc1ccc(-c2ccc(C#N)cc2)cc1. The van der Waals surface area contributed by atoms with E-state index in [9.17, 15) is 9.59 Å². The van der Waals surface area contributed by atoms with Gasteiger partial charge in [0.25, 0.3) is 0 Å². The number of carbonyl (C=O) groups excluding carboxylic acids is 2. The van der Waals surface area contributed by atoms with Gasteiger partial charge in [-0.3, -0.25) is 0 Å². The van der Waals surface area contributed by atoms with E-state index in [4.69, 9.17) is 19.5 Å². The van der Waals surface area contributed by atoms with Crippen LogP contribution in [0.3, 0.4) is 0 Å². The van der Waals surface area contributed by atoms with Crippen LogP contribution >= 0.6 is 0 Å². The number of carbonyl (C=O) groups is 2. The molecule has 138 valence electrons. The van der Waals surface area contributed by atoms with Crippen LogP contribution in [-0.2, 0) is 14.3 Å². The summed E-state index contributed by atoms with van der Waals surface area (Å²) in [6.07, 6.45) is -0.460. The summed E-state index contributed by atoms with van der Waals surface area (Å²) in [4.78, 5) is 22.8. The van der Waals surface area contributed by atoms with E-state index < -0.39 is 12.1 Å². The highest BCUT2D eigenvalue weighted by Crippen LogP contribution is 2.23. The van der Waals surface area contributed by atoms with Crippen LogP contribution in [0.2, 0.25) is 0 Å². The summed E-state index contributed by atoms with van der Waals surface area (Å²) in [6, 6.07) is 16.2. The second-order valence-corrected chi connectivity index (χ2v) is 5.68. The van der Waals surface area contributed by atoms with Crippen molar-refractivity contribution >= 4 is 12.1 Å². The van der Waals surface area contributed by atoms with Crippen molar-refractivity contribution < 1.29 is 23.8 Å². The highest BCUT2D eigenvalue weighted by molar-refractivity contribution is 5.86. The predicted molar refractivity (Wildman–Crippen MR) is 99.0 cm³/mol. The molecule has 0 spiro atoms. The number of nitriles is 1. The molecular weight excluding hydrogens is 346 g/mol. The molecule has 0 N–H and O–H groups in total. The lowest BCUT2D eigenvalue weighted by Gasteiger charge is -2.07. The third-order valence-electron chi connectivity index (χ3n) is 3.49. The summed E-state index contributed by atoms with van der Waals surface area (Å²) in [5.74, 6) is -0.119. The molecule has 0 aliphatic heterocycles. The molecule has 2 aromatic carbocycles. The number of hydrogen-bond acceptors (Lipinski definition) is 6. The zero-order chi connectivity index (χ0) is 19.6. The van der Waals surface area contributed by atoms with Crippen molar-refractivity contribution in [3.63, 3.8) is 0 Å². The first kappa shape index (κ1) is 19.7. The van der Waals surface area contributed by atoms with Gasteiger partial charge in [-0.05, 0) is 42.3 Å². The average molecular weight is 365 g/mol. The van der Waals surface area contributed by atoms with Crippen LogP contribution in [0.4, 0.5) is 4.79 Å². The van der Waals surface area contributed by atoms with E-state index in [0.29, 0.717) is 23.3 Å². The van der Waals surface area contributed by atoms with Gasteiger partial charge in [-0.2, -0.15) is 5.26 Å². The molecule has 0 radical (unpaired) electrons. The monoisotopic (exact) mass is 365 g/mol. The van der Waals surface area contributed by atoms with Crippen LogP contribution in [0.25, 0.3) is 11.1 Å². The number of benzene rings is 2. The zero-order valence-corrected chi connectivity index (χ0v) is 14.9. The zero-order valence-electron chi connectivity index (χ0n) is 14.9. The Kier molecular flexibility index (Phi) is 7.15. The largest absolute Gasteiger partial charge is 0.513 e. The molecule has 0 bridgehead atoms. The summed E-state index contributed by atoms with van der Waals surface area (Å²) >= 11 is 0. The van der Waals surface area contributed by atoms with Gasteiger partial charge in [-0.1, -0.05) is 30.8 Å². The Hall–Kier alpha value is -3.59. The Morgan fingerprint density at radius 1 is 0.963 bits per heavy atom. The van der Waals surface area contributed by atoms with Crippen molar-refractivity contribution in [2.75, 3.05) is 13.2 Å². The van der Waals surface area contributed by atoms with Crippen LogP contribution in [0, 0.1) is 11.3 Å². The van der Waals surface area contributed by atoms with E-state index in [1.807, 2.05) is 12.1 Å². The van der Waals surface area contributed by atoms with Crippen molar-refractivity contribution in [3.05, 3.63) is 66.2 Å². The van der Waals surface area contributed by atoms with E-state index in [1.165, 1.54) is 0 Å². The first-order chi connectivity index (χ1) is 13.0. The maximum atomic E-state index is 11.6. The van der Waals surface area contributed by atoms with Gasteiger partial charge >= 0.3 is 12.1 Å². The molecule has 2 aromatic rings. The first-order valence-corrected chi connectivity index (χ1v) is 8.27. The van der Waals surface area contributed by atoms with Crippen LogP contribution in [-0.4, -0.2) is 25.3 Å². The third kappa shape index (κ3) is 6.33. The number of nitrogens with zero attached hydrogens (tertiary/aromatic N) is 1. The molecule has 6 heteroatoms. The quantitative estimate of drug-likeness (QED) is 0.316. The van der Waals surface area contributed by atoms with E-state index in [2.05, 4.69) is 12.6 Å². The van der Waals surface area contributed by atoms with Crippen molar-refractivity contribution in [1.29, 1.82) is 5.26 Å². The maximum absolute atomic E-state index is 11.6.